The van der Waals surface area contributed by atoms with Crippen molar-refractivity contribution in [2.45, 2.75) is 53.5 Å². The number of nitrogens with zero attached hydrogens (tertiary/aromatic N) is 3. The van der Waals surface area contributed by atoms with Crippen molar-refractivity contribution >= 4 is 47.1 Å². The van der Waals surface area contributed by atoms with Gasteiger partial charge >= 0.3 is 7.12 Å². The fourth-order valence-corrected chi connectivity index (χ4v) is 5.16. The van der Waals surface area contributed by atoms with Crippen LogP contribution in [0.2, 0.25) is 5.28 Å². The van der Waals surface area contributed by atoms with E-state index in [9.17, 15) is 9.82 Å². The van der Waals surface area contributed by atoms with Gasteiger partial charge in [-0.25, -0.2) is 9.97 Å². The van der Waals surface area contributed by atoms with E-state index in [-0.39, 0.29) is 22.7 Å². The van der Waals surface area contributed by atoms with Gasteiger partial charge in [-0.2, -0.15) is 0 Å². The van der Waals surface area contributed by atoms with Crippen LogP contribution in [0.25, 0.3) is 22.2 Å². The summed E-state index contributed by atoms with van der Waals surface area (Å²) in [5, 5.41) is 18.2. The quantitative estimate of drug-likeness (QED) is 0.270. The van der Waals surface area contributed by atoms with E-state index in [2.05, 4.69) is 20.4 Å². The summed E-state index contributed by atoms with van der Waals surface area (Å²) in [6, 6.07) is 7.30. The van der Waals surface area contributed by atoms with Gasteiger partial charge in [0.1, 0.15) is 11.3 Å². The zero-order valence-corrected chi connectivity index (χ0v) is 22.8. The molecule has 2 aromatic heterocycles. The van der Waals surface area contributed by atoms with Crippen LogP contribution in [0.15, 0.2) is 44.8 Å². The molecule has 1 aliphatic rings. The highest BCUT2D eigenvalue weighted by molar-refractivity contribution is 6.62. The molecule has 2 N–H and O–H groups in total. The lowest BCUT2D eigenvalue weighted by atomic mass is 9.74. The van der Waals surface area contributed by atoms with E-state index in [1.54, 1.807) is 18.5 Å². The van der Waals surface area contributed by atoms with Crippen LogP contribution in [0, 0.1) is 20.8 Å². The highest BCUT2D eigenvalue weighted by Gasteiger charge is 2.28. The van der Waals surface area contributed by atoms with E-state index in [0.717, 1.165) is 27.8 Å². The molecular weight excluding hydrogens is 503 g/mol. The average Bonchev–Trinajstić information content (AvgIpc) is 2.87. The number of halogens is 1. The largest absolute Gasteiger partial charge is 0.583 e. The molecule has 0 saturated heterocycles. The lowest BCUT2D eigenvalue weighted by Crippen LogP contribution is -2.38. The lowest BCUT2D eigenvalue weighted by molar-refractivity contribution is 0.286. The van der Waals surface area contributed by atoms with E-state index in [0.29, 0.717) is 39.1 Å². The number of aromatic nitrogens is 2. The highest BCUT2D eigenvalue weighted by atomic mass is 35.5. The fourth-order valence-electron chi connectivity index (χ4n) is 5.03. The number of oxime groups is 1. The van der Waals surface area contributed by atoms with Gasteiger partial charge in [0.05, 0.1) is 35.2 Å². The van der Waals surface area contributed by atoms with Gasteiger partial charge in [-0.15, -0.1) is 5.16 Å². The summed E-state index contributed by atoms with van der Waals surface area (Å²) < 4.78 is 11.3. The summed E-state index contributed by atoms with van der Waals surface area (Å²) in [5.41, 5.74) is 7.33. The van der Waals surface area contributed by atoms with Crippen molar-refractivity contribution in [2.24, 2.45) is 5.16 Å². The van der Waals surface area contributed by atoms with Gasteiger partial charge in [0, 0.05) is 33.6 Å². The Morgan fingerprint density at radius 2 is 1.87 bits per heavy atom. The van der Waals surface area contributed by atoms with E-state index < -0.39 is 7.12 Å². The van der Waals surface area contributed by atoms with Gasteiger partial charge in [-0.05, 0) is 56.5 Å². The summed E-state index contributed by atoms with van der Waals surface area (Å²) in [5.74, 6) is 0.757. The minimum Gasteiger partial charge on any atom is -0.460 e. The van der Waals surface area contributed by atoms with Crippen LogP contribution in [-0.2, 0) is 4.76 Å². The predicted molar refractivity (Wildman–Crippen MR) is 152 cm³/mol. The first-order chi connectivity index (χ1) is 18.1. The van der Waals surface area contributed by atoms with Gasteiger partial charge in [-0.1, -0.05) is 32.0 Å². The Morgan fingerprint density at radius 3 is 2.61 bits per heavy atom. The zero-order valence-electron chi connectivity index (χ0n) is 22.1. The summed E-state index contributed by atoms with van der Waals surface area (Å²) >= 11 is 6.23. The number of hydrogen-bond acceptors (Lipinski definition) is 8. The number of benzene rings is 2. The molecule has 0 fully saturated rings. The fraction of sp³-hybridized carbons (Fsp3) is 0.286. The third-order valence-electron chi connectivity index (χ3n) is 6.96. The molecule has 5 rings (SSSR count). The number of nitrogens with one attached hydrogen (secondary N) is 1. The molecule has 1 aliphatic heterocycles. The van der Waals surface area contributed by atoms with Gasteiger partial charge in [0.25, 0.3) is 0 Å². The zero-order chi connectivity index (χ0) is 27.3. The Labute approximate surface area is 225 Å². The molecular formula is C28H28BClN4O4. The van der Waals surface area contributed by atoms with Crippen molar-refractivity contribution in [3.63, 3.8) is 0 Å². The van der Waals surface area contributed by atoms with Gasteiger partial charge in [0.15, 0.2) is 5.43 Å². The molecule has 1 atom stereocenters. The van der Waals surface area contributed by atoms with Crippen molar-refractivity contribution < 1.29 is 14.2 Å². The van der Waals surface area contributed by atoms with Crippen molar-refractivity contribution in [2.75, 3.05) is 5.32 Å². The molecule has 0 saturated carbocycles. The number of anilines is 1. The molecule has 38 heavy (non-hydrogen) atoms. The van der Waals surface area contributed by atoms with E-state index in [1.165, 1.54) is 0 Å². The van der Waals surface area contributed by atoms with Crippen LogP contribution in [0.3, 0.4) is 0 Å². The molecule has 0 bridgehead atoms. The second-order valence-electron chi connectivity index (χ2n) is 10.0. The van der Waals surface area contributed by atoms with Crippen LogP contribution < -0.4 is 16.2 Å². The van der Waals surface area contributed by atoms with Crippen LogP contribution in [0.1, 0.15) is 66.3 Å². The lowest BCUT2D eigenvalue weighted by Gasteiger charge is -2.22. The Hall–Kier alpha value is -3.69. The third kappa shape index (κ3) is 4.46. The van der Waals surface area contributed by atoms with Gasteiger partial charge in [0.2, 0.25) is 5.28 Å². The molecule has 194 valence electrons. The van der Waals surface area contributed by atoms with Crippen LogP contribution in [0.4, 0.5) is 5.69 Å². The first-order valence-electron chi connectivity index (χ1n) is 12.4. The van der Waals surface area contributed by atoms with Crippen molar-refractivity contribution in [1.29, 1.82) is 0 Å². The van der Waals surface area contributed by atoms with Crippen molar-refractivity contribution in [3.8, 4) is 11.3 Å². The first kappa shape index (κ1) is 25.9. The smallest absolute Gasteiger partial charge is 0.460 e. The minimum absolute atomic E-state index is 0.0138. The monoisotopic (exact) mass is 530 g/mol. The second kappa shape index (κ2) is 9.89. The molecule has 3 heterocycles. The molecule has 0 aliphatic carbocycles. The number of rotatable bonds is 5. The van der Waals surface area contributed by atoms with Crippen LogP contribution >= 0.6 is 11.6 Å². The molecule has 8 nitrogen and oxygen atoms in total. The van der Waals surface area contributed by atoms with E-state index in [4.69, 9.17) is 20.8 Å². The topological polar surface area (TPSA) is 110 Å². The molecule has 4 aromatic rings. The van der Waals surface area contributed by atoms with E-state index >= 15 is 0 Å². The maximum absolute atomic E-state index is 13.2. The predicted octanol–water partition coefficient (Wildman–Crippen LogP) is 5.18. The normalized spacial score (nSPS) is 13.6. The SMILES string of the molecule is Cc1cc([C@H](C)Nc2cnc(Cl)nc2-c2ccc3c(c2C)C=NOB3O)c2oc(C(C)C)c(C)c(=O)c2c1. The van der Waals surface area contributed by atoms with Crippen LogP contribution in [-0.4, -0.2) is 28.3 Å². The Kier molecular flexibility index (Phi) is 6.75. The Bertz CT molecular complexity index is 1670. The standard InChI is InChI=1S/C28H28BClN4O4/c1-13(2)26-16(5)25(35)20-10-14(3)9-19(27(20)37-26)17(6)33-23-12-31-28(30)34-24(23)18-7-8-22-21(15(18)4)11-32-38-29(22)36/h7-13,17,33,36H,1-6H3/t17-/m0/s1. The molecule has 2 aromatic carbocycles. The molecule has 0 spiro atoms. The number of fused-ring (bicyclic) bond motifs is 2. The molecule has 0 amide bonds. The molecule has 10 heteroatoms. The summed E-state index contributed by atoms with van der Waals surface area (Å²) in [7, 11) is -1.13. The third-order valence-corrected chi connectivity index (χ3v) is 7.15. The number of hydrogen-bond donors (Lipinski definition) is 2. The van der Waals surface area contributed by atoms with Crippen molar-refractivity contribution in [3.05, 3.63) is 79.5 Å². The summed E-state index contributed by atoms with van der Waals surface area (Å²) in [6.07, 6.45) is 3.22. The molecule has 0 radical (unpaired) electrons. The second-order valence-corrected chi connectivity index (χ2v) is 10.3. The van der Waals surface area contributed by atoms with E-state index in [1.807, 2.05) is 59.7 Å². The summed E-state index contributed by atoms with van der Waals surface area (Å²) in [4.78, 5) is 22.0. The molecule has 0 unspecified atom stereocenters. The maximum atomic E-state index is 13.2. The van der Waals surface area contributed by atoms with Crippen LogP contribution in [0.5, 0.6) is 0 Å². The minimum atomic E-state index is -1.13. The number of aryl methyl sites for hydroxylation is 1. The Balaban J connectivity index is 1.62. The first-order valence-corrected chi connectivity index (χ1v) is 12.8. The van der Waals surface area contributed by atoms with Gasteiger partial charge < -0.3 is 19.5 Å². The Morgan fingerprint density at radius 1 is 1.11 bits per heavy atom. The average molecular weight is 531 g/mol. The maximum Gasteiger partial charge on any atom is 0.583 e. The van der Waals surface area contributed by atoms with Gasteiger partial charge in [-0.3, -0.25) is 4.79 Å². The highest BCUT2D eigenvalue weighted by Crippen LogP contribution is 2.35. The van der Waals surface area contributed by atoms with Crippen molar-refractivity contribution in [1.82, 2.24) is 9.97 Å². The summed E-state index contributed by atoms with van der Waals surface area (Å²) in [6.45, 7) is 11.7.